The molecule has 1 aromatic rings. The van der Waals surface area contributed by atoms with Crippen molar-refractivity contribution in [3.63, 3.8) is 0 Å². The molecule has 126 valence electrons. The third-order valence-corrected chi connectivity index (χ3v) is 4.31. The summed E-state index contributed by atoms with van der Waals surface area (Å²) in [5.74, 6) is 0.459. The Hall–Kier alpha value is -1.96. The van der Waals surface area contributed by atoms with E-state index in [2.05, 4.69) is 15.3 Å². The molecule has 0 spiro atoms. The average molecular weight is 323 g/mol. The van der Waals surface area contributed by atoms with Crippen molar-refractivity contribution in [3.8, 4) is 0 Å². The molecule has 0 radical (unpaired) electrons. The number of amides is 1. The van der Waals surface area contributed by atoms with Gasteiger partial charge in [-0.15, -0.1) is 0 Å². The summed E-state index contributed by atoms with van der Waals surface area (Å²) in [5.41, 5.74) is 0. The molecule has 23 heavy (non-hydrogen) atoms. The number of anilines is 2. The standard InChI is InChI=1S/C15H22FN5O2/c1-11(22)20-4-2-12(3-5-20)18-15-17-10-13(16)14(19-15)21-6-8-23-9-7-21/h10,12H,2-9H2,1H3,(H,17,18,19). The number of nitrogens with zero attached hydrogens (tertiary/aromatic N) is 4. The summed E-state index contributed by atoms with van der Waals surface area (Å²) in [4.78, 5) is 23.4. The molecule has 3 rings (SSSR count). The summed E-state index contributed by atoms with van der Waals surface area (Å²) in [6, 6.07) is 0.202. The predicted octanol–water partition coefficient (Wildman–Crippen LogP) is 0.875. The van der Waals surface area contributed by atoms with Crippen LogP contribution in [0.1, 0.15) is 19.8 Å². The molecule has 0 bridgehead atoms. The van der Waals surface area contributed by atoms with E-state index >= 15 is 0 Å². The number of piperidine rings is 1. The fraction of sp³-hybridized carbons (Fsp3) is 0.667. The van der Waals surface area contributed by atoms with Gasteiger partial charge in [-0.2, -0.15) is 4.98 Å². The maximum absolute atomic E-state index is 14.0. The van der Waals surface area contributed by atoms with E-state index in [1.807, 2.05) is 9.80 Å². The van der Waals surface area contributed by atoms with Gasteiger partial charge >= 0.3 is 0 Å². The van der Waals surface area contributed by atoms with Gasteiger partial charge in [0.05, 0.1) is 19.4 Å². The third kappa shape index (κ3) is 3.87. The van der Waals surface area contributed by atoms with Crippen LogP contribution in [0.3, 0.4) is 0 Å². The lowest BCUT2D eigenvalue weighted by Crippen LogP contribution is -2.41. The lowest BCUT2D eigenvalue weighted by Gasteiger charge is -2.32. The topological polar surface area (TPSA) is 70.6 Å². The molecule has 1 aromatic heterocycles. The highest BCUT2D eigenvalue weighted by Crippen LogP contribution is 2.20. The molecule has 3 heterocycles. The maximum Gasteiger partial charge on any atom is 0.225 e. The first-order valence-electron chi connectivity index (χ1n) is 8.01. The number of hydrogen-bond acceptors (Lipinski definition) is 6. The van der Waals surface area contributed by atoms with Gasteiger partial charge < -0.3 is 19.9 Å². The van der Waals surface area contributed by atoms with Gasteiger partial charge in [0.15, 0.2) is 11.6 Å². The van der Waals surface area contributed by atoms with E-state index in [0.29, 0.717) is 38.1 Å². The summed E-state index contributed by atoms with van der Waals surface area (Å²) in [5, 5.41) is 3.26. The van der Waals surface area contributed by atoms with Gasteiger partial charge in [0.25, 0.3) is 0 Å². The summed E-state index contributed by atoms with van der Waals surface area (Å²) >= 11 is 0. The van der Waals surface area contributed by atoms with Crippen LogP contribution in [0.2, 0.25) is 0 Å². The van der Waals surface area contributed by atoms with Crippen molar-refractivity contribution in [2.24, 2.45) is 0 Å². The fourth-order valence-corrected chi connectivity index (χ4v) is 2.95. The van der Waals surface area contributed by atoms with Gasteiger partial charge in [-0.1, -0.05) is 0 Å². The number of carbonyl (C=O) groups is 1. The highest BCUT2D eigenvalue weighted by molar-refractivity contribution is 5.73. The summed E-state index contributed by atoms with van der Waals surface area (Å²) in [7, 11) is 0. The monoisotopic (exact) mass is 323 g/mol. The quantitative estimate of drug-likeness (QED) is 0.890. The number of hydrogen-bond donors (Lipinski definition) is 1. The molecule has 0 atom stereocenters. The van der Waals surface area contributed by atoms with Crippen LogP contribution < -0.4 is 10.2 Å². The number of rotatable bonds is 3. The van der Waals surface area contributed by atoms with Crippen LogP contribution in [-0.2, 0) is 9.53 Å². The van der Waals surface area contributed by atoms with Gasteiger partial charge in [-0.05, 0) is 12.8 Å². The van der Waals surface area contributed by atoms with E-state index in [4.69, 9.17) is 4.74 Å². The van der Waals surface area contributed by atoms with E-state index in [0.717, 1.165) is 25.9 Å². The van der Waals surface area contributed by atoms with Crippen LogP contribution in [-0.4, -0.2) is 66.2 Å². The van der Waals surface area contributed by atoms with Crippen molar-refractivity contribution in [2.45, 2.75) is 25.8 Å². The minimum atomic E-state index is -0.413. The number of aromatic nitrogens is 2. The van der Waals surface area contributed by atoms with Crippen molar-refractivity contribution >= 4 is 17.7 Å². The smallest absolute Gasteiger partial charge is 0.225 e. The van der Waals surface area contributed by atoms with E-state index in [1.165, 1.54) is 6.20 Å². The first kappa shape index (κ1) is 15.9. The molecule has 1 amide bonds. The summed E-state index contributed by atoms with van der Waals surface area (Å²) in [6.07, 6.45) is 2.89. The molecular weight excluding hydrogens is 301 g/mol. The molecule has 0 unspecified atom stereocenters. The number of carbonyl (C=O) groups excluding carboxylic acids is 1. The molecular formula is C15H22FN5O2. The summed E-state index contributed by atoms with van der Waals surface area (Å²) in [6.45, 7) is 5.46. The molecule has 8 heteroatoms. The molecule has 2 aliphatic heterocycles. The van der Waals surface area contributed by atoms with E-state index in [1.54, 1.807) is 6.92 Å². The van der Waals surface area contributed by atoms with Gasteiger partial charge in [-0.25, -0.2) is 9.37 Å². The molecule has 0 aliphatic carbocycles. The number of halogens is 1. The zero-order chi connectivity index (χ0) is 16.2. The lowest BCUT2D eigenvalue weighted by atomic mass is 10.1. The van der Waals surface area contributed by atoms with Gasteiger partial charge in [0, 0.05) is 39.1 Å². The SMILES string of the molecule is CC(=O)N1CCC(Nc2ncc(F)c(N3CCOCC3)n2)CC1. The van der Waals surface area contributed by atoms with Crippen molar-refractivity contribution in [1.82, 2.24) is 14.9 Å². The van der Waals surface area contributed by atoms with Crippen LogP contribution >= 0.6 is 0 Å². The predicted molar refractivity (Wildman–Crippen MR) is 83.9 cm³/mol. The minimum Gasteiger partial charge on any atom is -0.378 e. The second-order valence-electron chi connectivity index (χ2n) is 5.89. The number of nitrogens with one attached hydrogen (secondary N) is 1. The van der Waals surface area contributed by atoms with Gasteiger partial charge in [-0.3, -0.25) is 4.79 Å². The highest BCUT2D eigenvalue weighted by atomic mass is 19.1. The normalized spacial score (nSPS) is 19.7. The molecule has 0 saturated carbocycles. The Morgan fingerprint density at radius 3 is 2.65 bits per heavy atom. The second-order valence-corrected chi connectivity index (χ2v) is 5.89. The molecule has 2 fully saturated rings. The molecule has 7 nitrogen and oxygen atoms in total. The minimum absolute atomic E-state index is 0.107. The third-order valence-electron chi connectivity index (χ3n) is 4.31. The Morgan fingerprint density at radius 1 is 1.30 bits per heavy atom. The average Bonchev–Trinajstić information content (AvgIpc) is 2.58. The van der Waals surface area contributed by atoms with E-state index in [9.17, 15) is 9.18 Å². The molecule has 2 aliphatic rings. The molecule has 1 N–H and O–H groups in total. The number of morpholine rings is 1. The number of ether oxygens (including phenoxy) is 1. The van der Waals surface area contributed by atoms with Crippen molar-refractivity contribution in [3.05, 3.63) is 12.0 Å². The fourth-order valence-electron chi connectivity index (χ4n) is 2.95. The maximum atomic E-state index is 14.0. The molecule has 0 aromatic carbocycles. The zero-order valence-electron chi connectivity index (χ0n) is 13.3. The van der Waals surface area contributed by atoms with Crippen LogP contribution in [0.4, 0.5) is 16.2 Å². The Kier molecular flexibility index (Phi) is 4.90. The lowest BCUT2D eigenvalue weighted by molar-refractivity contribution is -0.129. The van der Waals surface area contributed by atoms with E-state index in [-0.39, 0.29) is 11.9 Å². The summed E-state index contributed by atoms with van der Waals surface area (Å²) < 4.78 is 19.3. The largest absolute Gasteiger partial charge is 0.378 e. The van der Waals surface area contributed by atoms with Gasteiger partial charge in [0.1, 0.15) is 0 Å². The van der Waals surface area contributed by atoms with Crippen molar-refractivity contribution in [2.75, 3.05) is 49.6 Å². The van der Waals surface area contributed by atoms with Crippen LogP contribution in [0.25, 0.3) is 0 Å². The van der Waals surface area contributed by atoms with Gasteiger partial charge in [0.2, 0.25) is 11.9 Å². The van der Waals surface area contributed by atoms with Crippen LogP contribution in [0, 0.1) is 5.82 Å². The zero-order valence-corrected chi connectivity index (χ0v) is 13.3. The Labute approximate surface area is 134 Å². The Balaban J connectivity index is 1.63. The first-order valence-corrected chi connectivity index (χ1v) is 8.01. The highest BCUT2D eigenvalue weighted by Gasteiger charge is 2.22. The van der Waals surface area contributed by atoms with E-state index < -0.39 is 5.82 Å². The number of likely N-dealkylation sites (tertiary alicyclic amines) is 1. The van der Waals surface area contributed by atoms with Crippen molar-refractivity contribution < 1.29 is 13.9 Å². The van der Waals surface area contributed by atoms with Crippen LogP contribution in [0.5, 0.6) is 0 Å². The first-order chi connectivity index (χ1) is 11.1. The second kappa shape index (κ2) is 7.08. The Bertz CT molecular complexity index is 557. The van der Waals surface area contributed by atoms with Crippen molar-refractivity contribution in [1.29, 1.82) is 0 Å². The Morgan fingerprint density at radius 2 is 2.00 bits per heavy atom. The van der Waals surface area contributed by atoms with Crippen LogP contribution in [0.15, 0.2) is 6.20 Å². The molecule has 2 saturated heterocycles.